The summed E-state index contributed by atoms with van der Waals surface area (Å²) >= 11 is 0. The molecule has 1 aromatic carbocycles. The van der Waals surface area contributed by atoms with Gasteiger partial charge in [0.15, 0.2) is 0 Å². The fourth-order valence-corrected chi connectivity index (χ4v) is 3.06. The van der Waals surface area contributed by atoms with Crippen LogP contribution in [0.1, 0.15) is 60.7 Å². The highest BCUT2D eigenvalue weighted by atomic mass is 16.7. The summed E-state index contributed by atoms with van der Waals surface area (Å²) in [6.45, 7) is 5.99. The molecule has 1 heterocycles. The Morgan fingerprint density at radius 1 is 1.12 bits per heavy atom. The Bertz CT molecular complexity index is 650. The molecule has 6 heteroatoms. The van der Waals surface area contributed by atoms with E-state index in [4.69, 9.17) is 9.57 Å². The van der Waals surface area contributed by atoms with Crippen molar-refractivity contribution in [2.24, 2.45) is 5.92 Å². The third-order valence-corrected chi connectivity index (χ3v) is 4.12. The number of hydrogen-bond acceptors (Lipinski definition) is 5. The number of fused-ring (bicyclic) bond motifs is 1. The van der Waals surface area contributed by atoms with Crippen molar-refractivity contribution in [2.75, 3.05) is 0 Å². The van der Waals surface area contributed by atoms with Crippen molar-refractivity contribution in [2.45, 2.75) is 51.7 Å². The maximum Gasteiger partial charge on any atom is 0.333 e. The van der Waals surface area contributed by atoms with E-state index in [1.165, 1.54) is 0 Å². The zero-order valence-corrected chi connectivity index (χ0v) is 14.1. The van der Waals surface area contributed by atoms with Gasteiger partial charge in [-0.3, -0.25) is 9.59 Å². The number of nitrogens with zero attached hydrogens (tertiary/aromatic N) is 1. The standard InChI is InChI=1S/C18H21NO5/c1-18(2,3)23-12-8-11(9-12)10-15(20)24-19-16(21)13-6-4-5-7-14(13)17(19)22/h4-7,11-12H,8-10H2,1-3H3. The number of rotatable bonds is 4. The summed E-state index contributed by atoms with van der Waals surface area (Å²) in [6, 6.07) is 6.42. The molecule has 2 amide bonds. The first-order valence-corrected chi connectivity index (χ1v) is 8.11. The highest BCUT2D eigenvalue weighted by molar-refractivity contribution is 6.20. The SMILES string of the molecule is CC(C)(C)OC1CC(CC(=O)ON2C(=O)c3ccccc3C2=O)C1. The lowest BCUT2D eigenvalue weighted by Gasteiger charge is -2.38. The summed E-state index contributed by atoms with van der Waals surface area (Å²) < 4.78 is 5.82. The van der Waals surface area contributed by atoms with Gasteiger partial charge in [0.2, 0.25) is 0 Å². The predicted octanol–water partition coefficient (Wildman–Crippen LogP) is 2.72. The molecule has 1 aromatic rings. The molecule has 6 nitrogen and oxygen atoms in total. The average molecular weight is 331 g/mol. The van der Waals surface area contributed by atoms with Gasteiger partial charge in [-0.05, 0) is 51.7 Å². The molecule has 128 valence electrons. The molecule has 2 aliphatic rings. The van der Waals surface area contributed by atoms with Gasteiger partial charge in [0.1, 0.15) is 0 Å². The van der Waals surface area contributed by atoms with Crippen LogP contribution in [0.15, 0.2) is 24.3 Å². The Morgan fingerprint density at radius 3 is 2.17 bits per heavy atom. The number of benzene rings is 1. The second-order valence-electron chi connectivity index (χ2n) is 7.31. The van der Waals surface area contributed by atoms with Crippen LogP contribution < -0.4 is 0 Å². The molecule has 24 heavy (non-hydrogen) atoms. The minimum absolute atomic E-state index is 0.155. The molecule has 1 aliphatic carbocycles. The molecule has 0 radical (unpaired) electrons. The zero-order chi connectivity index (χ0) is 17.5. The lowest BCUT2D eigenvalue weighted by atomic mass is 9.80. The van der Waals surface area contributed by atoms with Gasteiger partial charge in [-0.25, -0.2) is 4.79 Å². The van der Waals surface area contributed by atoms with E-state index in [0.717, 1.165) is 12.8 Å². The first kappa shape index (κ1) is 16.6. The van der Waals surface area contributed by atoms with Crippen molar-refractivity contribution in [1.82, 2.24) is 5.06 Å². The monoisotopic (exact) mass is 331 g/mol. The second kappa shape index (κ2) is 6.02. The van der Waals surface area contributed by atoms with Gasteiger partial charge in [-0.15, -0.1) is 0 Å². The van der Waals surface area contributed by atoms with Gasteiger partial charge in [0.25, 0.3) is 11.8 Å². The molecule has 1 aliphatic heterocycles. The Morgan fingerprint density at radius 2 is 1.67 bits per heavy atom. The van der Waals surface area contributed by atoms with Crippen molar-refractivity contribution < 1.29 is 24.0 Å². The van der Waals surface area contributed by atoms with Crippen LogP contribution >= 0.6 is 0 Å². The van der Waals surface area contributed by atoms with Crippen molar-refractivity contribution in [3.05, 3.63) is 35.4 Å². The number of hydrogen-bond donors (Lipinski definition) is 0. The smallest absolute Gasteiger partial charge is 0.333 e. The molecule has 1 fully saturated rings. The van der Waals surface area contributed by atoms with E-state index in [-0.39, 0.29) is 35.2 Å². The summed E-state index contributed by atoms with van der Waals surface area (Å²) in [6.07, 6.45) is 1.91. The number of hydroxylamine groups is 2. The first-order valence-electron chi connectivity index (χ1n) is 8.11. The largest absolute Gasteiger partial charge is 0.373 e. The fourth-order valence-electron chi connectivity index (χ4n) is 3.06. The van der Waals surface area contributed by atoms with Crippen LogP contribution in [0.3, 0.4) is 0 Å². The summed E-state index contributed by atoms with van der Waals surface area (Å²) in [5, 5.41) is 0.564. The van der Waals surface area contributed by atoms with Crippen LogP contribution in [0, 0.1) is 5.92 Å². The van der Waals surface area contributed by atoms with E-state index in [1.54, 1.807) is 24.3 Å². The van der Waals surface area contributed by atoms with Crippen molar-refractivity contribution in [3.8, 4) is 0 Å². The molecule has 0 unspecified atom stereocenters. The molecule has 0 aromatic heterocycles. The molecule has 1 saturated carbocycles. The van der Waals surface area contributed by atoms with E-state index in [1.807, 2.05) is 20.8 Å². The third-order valence-electron chi connectivity index (χ3n) is 4.12. The Hall–Kier alpha value is -2.21. The van der Waals surface area contributed by atoms with Gasteiger partial charge in [0.05, 0.1) is 29.3 Å². The second-order valence-corrected chi connectivity index (χ2v) is 7.31. The van der Waals surface area contributed by atoms with E-state index in [9.17, 15) is 14.4 Å². The molecule has 3 rings (SSSR count). The molecule has 0 spiro atoms. The maximum atomic E-state index is 12.1. The Balaban J connectivity index is 1.51. The molecule has 0 N–H and O–H groups in total. The normalized spacial score (nSPS) is 23.0. The Labute approximate surface area is 140 Å². The summed E-state index contributed by atoms with van der Waals surface area (Å²) in [7, 11) is 0. The summed E-state index contributed by atoms with van der Waals surface area (Å²) in [5.41, 5.74) is 0.325. The topological polar surface area (TPSA) is 72.9 Å². The van der Waals surface area contributed by atoms with Crippen LogP contribution in [0.4, 0.5) is 0 Å². The quantitative estimate of drug-likeness (QED) is 0.793. The maximum absolute atomic E-state index is 12.1. The van der Waals surface area contributed by atoms with Crippen LogP contribution in [-0.2, 0) is 14.4 Å². The third kappa shape index (κ3) is 3.33. The van der Waals surface area contributed by atoms with Gasteiger partial charge >= 0.3 is 5.97 Å². The zero-order valence-electron chi connectivity index (χ0n) is 14.1. The minimum atomic E-state index is -0.591. The van der Waals surface area contributed by atoms with Crippen LogP contribution in [0.25, 0.3) is 0 Å². The van der Waals surface area contributed by atoms with Gasteiger partial charge in [-0.2, -0.15) is 0 Å². The van der Waals surface area contributed by atoms with Crippen LogP contribution in [-0.4, -0.2) is 34.6 Å². The Kier molecular flexibility index (Phi) is 4.17. The van der Waals surface area contributed by atoms with E-state index >= 15 is 0 Å². The fraction of sp³-hybridized carbons (Fsp3) is 0.500. The number of amides is 2. The van der Waals surface area contributed by atoms with Gasteiger partial charge in [-0.1, -0.05) is 17.2 Å². The van der Waals surface area contributed by atoms with E-state index in [0.29, 0.717) is 5.06 Å². The molecular formula is C18H21NO5. The number of ether oxygens (including phenoxy) is 1. The molecular weight excluding hydrogens is 310 g/mol. The van der Waals surface area contributed by atoms with E-state index < -0.39 is 17.8 Å². The summed E-state index contributed by atoms with van der Waals surface area (Å²) in [4.78, 5) is 41.3. The highest BCUT2D eigenvalue weighted by Crippen LogP contribution is 2.35. The van der Waals surface area contributed by atoms with E-state index in [2.05, 4.69) is 0 Å². The molecule has 0 saturated heterocycles. The average Bonchev–Trinajstić information content (AvgIpc) is 2.69. The van der Waals surface area contributed by atoms with Crippen molar-refractivity contribution in [3.63, 3.8) is 0 Å². The molecule has 0 atom stereocenters. The molecule has 0 bridgehead atoms. The highest BCUT2D eigenvalue weighted by Gasteiger charge is 2.40. The lowest BCUT2D eigenvalue weighted by Crippen LogP contribution is -2.39. The lowest BCUT2D eigenvalue weighted by molar-refractivity contribution is -0.173. The van der Waals surface area contributed by atoms with Crippen molar-refractivity contribution in [1.29, 1.82) is 0 Å². The number of imide groups is 1. The predicted molar refractivity (Wildman–Crippen MR) is 85.0 cm³/mol. The van der Waals surface area contributed by atoms with Gasteiger partial charge in [0, 0.05) is 0 Å². The van der Waals surface area contributed by atoms with Crippen molar-refractivity contribution >= 4 is 17.8 Å². The first-order chi connectivity index (χ1) is 11.2. The number of carbonyl (C=O) groups excluding carboxylic acids is 3. The minimum Gasteiger partial charge on any atom is -0.373 e. The summed E-state index contributed by atoms with van der Waals surface area (Å²) in [5.74, 6) is -1.58. The van der Waals surface area contributed by atoms with Crippen LogP contribution in [0.2, 0.25) is 0 Å². The number of carbonyl (C=O) groups is 3. The van der Waals surface area contributed by atoms with Crippen LogP contribution in [0.5, 0.6) is 0 Å². The van der Waals surface area contributed by atoms with Gasteiger partial charge < -0.3 is 9.57 Å².